The van der Waals surface area contributed by atoms with Gasteiger partial charge in [-0.25, -0.2) is 4.39 Å². The highest BCUT2D eigenvalue weighted by Crippen LogP contribution is 2.28. The molecule has 1 atom stereocenters. The molecule has 2 rings (SSSR count). The second-order valence-electron chi connectivity index (χ2n) is 4.26. The van der Waals surface area contributed by atoms with Crippen molar-refractivity contribution in [2.24, 2.45) is 0 Å². The first-order valence-corrected chi connectivity index (χ1v) is 6.83. The summed E-state index contributed by atoms with van der Waals surface area (Å²) in [6.07, 6.45) is 0.827. The van der Waals surface area contributed by atoms with Gasteiger partial charge >= 0.3 is 0 Å². The Labute approximate surface area is 122 Å². The van der Waals surface area contributed by atoms with E-state index in [2.05, 4.69) is 5.32 Å². The molecule has 100 valence electrons. The molecule has 1 nitrogen and oxygen atoms in total. The van der Waals surface area contributed by atoms with Gasteiger partial charge in [-0.2, -0.15) is 0 Å². The third-order valence-electron chi connectivity index (χ3n) is 2.96. The second kappa shape index (κ2) is 6.27. The predicted octanol–water partition coefficient (Wildman–Crippen LogP) is 5.70. The molecule has 0 aliphatic rings. The zero-order valence-electron chi connectivity index (χ0n) is 10.5. The molecule has 2 aromatic rings. The Balaban J connectivity index is 2.24. The minimum atomic E-state index is -0.420. The third-order valence-corrected chi connectivity index (χ3v) is 3.51. The van der Waals surface area contributed by atoms with E-state index in [-0.39, 0.29) is 11.1 Å². The van der Waals surface area contributed by atoms with Crippen LogP contribution in [0.1, 0.15) is 24.9 Å². The van der Waals surface area contributed by atoms with Crippen molar-refractivity contribution in [3.05, 3.63) is 63.9 Å². The van der Waals surface area contributed by atoms with Crippen molar-refractivity contribution >= 4 is 28.9 Å². The summed E-state index contributed by atoms with van der Waals surface area (Å²) < 4.78 is 13.9. The SMILES string of the molecule is CCC(Nc1cccc(Cl)c1F)c1ccc(Cl)cc1. The highest BCUT2D eigenvalue weighted by atomic mass is 35.5. The average Bonchev–Trinajstić information content (AvgIpc) is 2.42. The molecule has 0 fully saturated rings. The first-order valence-electron chi connectivity index (χ1n) is 6.08. The fourth-order valence-corrected chi connectivity index (χ4v) is 2.22. The smallest absolute Gasteiger partial charge is 0.164 e. The Bertz CT molecular complexity index is 555. The predicted molar refractivity (Wildman–Crippen MR) is 79.5 cm³/mol. The molecule has 1 unspecified atom stereocenters. The molecule has 2 aromatic carbocycles. The highest BCUT2D eigenvalue weighted by molar-refractivity contribution is 6.31. The fourth-order valence-electron chi connectivity index (χ4n) is 1.92. The lowest BCUT2D eigenvalue weighted by Gasteiger charge is -2.19. The third kappa shape index (κ3) is 3.40. The van der Waals surface area contributed by atoms with Crippen LogP contribution in [-0.4, -0.2) is 0 Å². The Morgan fingerprint density at radius 2 is 1.79 bits per heavy atom. The number of nitrogens with one attached hydrogen (secondary N) is 1. The van der Waals surface area contributed by atoms with Crippen molar-refractivity contribution in [2.45, 2.75) is 19.4 Å². The molecule has 0 aromatic heterocycles. The second-order valence-corrected chi connectivity index (χ2v) is 5.10. The van der Waals surface area contributed by atoms with E-state index in [9.17, 15) is 4.39 Å². The molecule has 0 saturated heterocycles. The van der Waals surface area contributed by atoms with Crippen LogP contribution in [-0.2, 0) is 0 Å². The van der Waals surface area contributed by atoms with Gasteiger partial charge < -0.3 is 5.32 Å². The van der Waals surface area contributed by atoms with Crippen molar-refractivity contribution in [3.63, 3.8) is 0 Å². The number of hydrogen-bond donors (Lipinski definition) is 1. The molecule has 0 amide bonds. The van der Waals surface area contributed by atoms with E-state index in [1.54, 1.807) is 12.1 Å². The largest absolute Gasteiger partial charge is 0.376 e. The molecule has 0 aliphatic heterocycles. The van der Waals surface area contributed by atoms with E-state index < -0.39 is 5.82 Å². The summed E-state index contributed by atoms with van der Waals surface area (Å²) in [6.45, 7) is 2.04. The van der Waals surface area contributed by atoms with Crippen LogP contribution in [0.2, 0.25) is 10.0 Å². The van der Waals surface area contributed by atoms with Gasteiger partial charge in [0.25, 0.3) is 0 Å². The topological polar surface area (TPSA) is 12.0 Å². The van der Waals surface area contributed by atoms with Gasteiger partial charge in [0.1, 0.15) is 0 Å². The van der Waals surface area contributed by atoms with E-state index in [1.165, 1.54) is 6.07 Å². The number of anilines is 1. The summed E-state index contributed by atoms with van der Waals surface area (Å²) >= 11 is 11.6. The van der Waals surface area contributed by atoms with Crippen molar-refractivity contribution in [3.8, 4) is 0 Å². The molecular weight excluding hydrogens is 284 g/mol. The zero-order chi connectivity index (χ0) is 13.8. The summed E-state index contributed by atoms with van der Waals surface area (Å²) in [5, 5.41) is 3.98. The van der Waals surface area contributed by atoms with Crippen molar-refractivity contribution < 1.29 is 4.39 Å². The van der Waals surface area contributed by atoms with Crippen molar-refractivity contribution in [1.82, 2.24) is 0 Å². The van der Waals surface area contributed by atoms with E-state index in [0.29, 0.717) is 10.7 Å². The van der Waals surface area contributed by atoms with Crippen LogP contribution in [0.5, 0.6) is 0 Å². The lowest BCUT2D eigenvalue weighted by Crippen LogP contribution is -2.10. The molecule has 19 heavy (non-hydrogen) atoms. The van der Waals surface area contributed by atoms with Crippen molar-refractivity contribution in [2.75, 3.05) is 5.32 Å². The summed E-state index contributed by atoms with van der Waals surface area (Å²) in [6, 6.07) is 12.5. The van der Waals surface area contributed by atoms with Gasteiger partial charge in [-0.05, 0) is 36.2 Å². The standard InChI is InChI=1S/C15H14Cl2FN/c1-2-13(10-6-8-11(16)9-7-10)19-14-5-3-4-12(17)15(14)18/h3-9,13,19H,2H2,1H3. The Hall–Kier alpha value is -1.25. The van der Waals surface area contributed by atoms with Crippen LogP contribution in [0.4, 0.5) is 10.1 Å². The molecule has 4 heteroatoms. The first kappa shape index (κ1) is 14.2. The van der Waals surface area contributed by atoms with Gasteiger partial charge in [-0.1, -0.05) is 48.3 Å². The maximum absolute atomic E-state index is 13.9. The van der Waals surface area contributed by atoms with Crippen LogP contribution < -0.4 is 5.32 Å². The number of hydrogen-bond acceptors (Lipinski definition) is 1. The minimum Gasteiger partial charge on any atom is -0.376 e. The highest BCUT2D eigenvalue weighted by Gasteiger charge is 2.13. The summed E-state index contributed by atoms with van der Waals surface area (Å²) in [4.78, 5) is 0. The molecular formula is C15H14Cl2FN. The molecule has 0 spiro atoms. The fraction of sp³-hybridized carbons (Fsp3) is 0.200. The Morgan fingerprint density at radius 1 is 1.11 bits per heavy atom. The summed E-state index contributed by atoms with van der Waals surface area (Å²) in [5.41, 5.74) is 1.47. The van der Waals surface area contributed by atoms with Crippen LogP contribution in [0.25, 0.3) is 0 Å². The zero-order valence-corrected chi connectivity index (χ0v) is 12.0. The summed E-state index contributed by atoms with van der Waals surface area (Å²) in [7, 11) is 0. The van der Waals surface area contributed by atoms with Gasteiger partial charge in [0.2, 0.25) is 0 Å². The van der Waals surface area contributed by atoms with Gasteiger partial charge in [-0.15, -0.1) is 0 Å². The lowest BCUT2D eigenvalue weighted by molar-refractivity contribution is 0.624. The molecule has 0 radical (unpaired) electrons. The number of rotatable bonds is 4. The average molecular weight is 298 g/mol. The first-order chi connectivity index (χ1) is 9.11. The quantitative estimate of drug-likeness (QED) is 0.764. The molecule has 0 saturated carbocycles. The van der Waals surface area contributed by atoms with Crippen LogP contribution in [0.3, 0.4) is 0 Å². The van der Waals surface area contributed by atoms with Crippen LogP contribution >= 0.6 is 23.2 Å². The number of halogens is 3. The van der Waals surface area contributed by atoms with E-state index in [4.69, 9.17) is 23.2 Å². The maximum atomic E-state index is 13.9. The minimum absolute atomic E-state index is 0.0187. The Kier molecular flexibility index (Phi) is 4.67. The van der Waals surface area contributed by atoms with Crippen LogP contribution in [0, 0.1) is 5.82 Å². The van der Waals surface area contributed by atoms with Gasteiger partial charge in [0, 0.05) is 5.02 Å². The molecule has 0 aliphatic carbocycles. The van der Waals surface area contributed by atoms with Gasteiger partial charge in [0.15, 0.2) is 5.82 Å². The molecule has 1 N–H and O–H groups in total. The molecule has 0 heterocycles. The van der Waals surface area contributed by atoms with E-state index in [0.717, 1.165) is 12.0 Å². The lowest BCUT2D eigenvalue weighted by atomic mass is 10.0. The number of benzene rings is 2. The monoisotopic (exact) mass is 297 g/mol. The molecule has 0 bridgehead atoms. The van der Waals surface area contributed by atoms with E-state index >= 15 is 0 Å². The van der Waals surface area contributed by atoms with Gasteiger partial charge in [-0.3, -0.25) is 0 Å². The van der Waals surface area contributed by atoms with Crippen molar-refractivity contribution in [1.29, 1.82) is 0 Å². The van der Waals surface area contributed by atoms with E-state index in [1.807, 2.05) is 31.2 Å². The van der Waals surface area contributed by atoms with Gasteiger partial charge in [0.05, 0.1) is 16.8 Å². The van der Waals surface area contributed by atoms with Crippen LogP contribution in [0.15, 0.2) is 42.5 Å². The maximum Gasteiger partial charge on any atom is 0.164 e. The Morgan fingerprint density at radius 3 is 2.42 bits per heavy atom. The summed E-state index contributed by atoms with van der Waals surface area (Å²) in [5.74, 6) is -0.420. The normalized spacial score (nSPS) is 12.2.